The Morgan fingerprint density at radius 2 is 1.72 bits per heavy atom. The van der Waals surface area contributed by atoms with E-state index in [0.29, 0.717) is 17.1 Å². The van der Waals surface area contributed by atoms with Crippen molar-refractivity contribution in [1.82, 2.24) is 4.72 Å². The van der Waals surface area contributed by atoms with Crippen LogP contribution in [-0.4, -0.2) is 33.2 Å². The molecule has 0 spiro atoms. The van der Waals surface area contributed by atoms with Crippen LogP contribution in [0.2, 0.25) is 5.02 Å². The lowest BCUT2D eigenvalue weighted by Gasteiger charge is -2.21. The maximum Gasteiger partial charge on any atom is 0.223 e. The summed E-state index contributed by atoms with van der Waals surface area (Å²) in [5.74, 6) is -0.149. The molecule has 0 heterocycles. The van der Waals surface area contributed by atoms with Crippen molar-refractivity contribution in [3.63, 3.8) is 0 Å². The van der Waals surface area contributed by atoms with Gasteiger partial charge in [0.15, 0.2) is 0 Å². The molecule has 0 saturated heterocycles. The fourth-order valence-corrected chi connectivity index (χ4v) is 3.55. The van der Waals surface area contributed by atoms with E-state index >= 15 is 0 Å². The van der Waals surface area contributed by atoms with Gasteiger partial charge in [-0.05, 0) is 36.2 Å². The fourth-order valence-electron chi connectivity index (χ4n) is 2.37. The Labute approximate surface area is 153 Å². The molecule has 0 aromatic heterocycles. The Hall–Kier alpha value is -1.89. The van der Waals surface area contributed by atoms with E-state index in [4.69, 9.17) is 11.6 Å². The first-order chi connectivity index (χ1) is 11.9. The first kappa shape index (κ1) is 19.4. The van der Waals surface area contributed by atoms with Gasteiger partial charge >= 0.3 is 0 Å². The molecule has 2 aromatic carbocycles. The molecule has 134 valence electrons. The summed E-state index contributed by atoms with van der Waals surface area (Å²) in [6, 6.07) is 16.3. The van der Waals surface area contributed by atoms with E-state index in [2.05, 4.69) is 4.72 Å². The number of anilines is 1. The molecule has 2 aromatic rings. The highest BCUT2D eigenvalue weighted by Gasteiger charge is 2.14. The van der Waals surface area contributed by atoms with E-state index in [0.717, 1.165) is 5.56 Å². The summed E-state index contributed by atoms with van der Waals surface area (Å²) in [5.41, 5.74) is 1.65. The van der Waals surface area contributed by atoms with Crippen LogP contribution in [0.25, 0.3) is 0 Å². The number of sulfonamides is 1. The van der Waals surface area contributed by atoms with Crippen LogP contribution in [0.15, 0.2) is 54.6 Å². The van der Waals surface area contributed by atoms with Crippen molar-refractivity contribution in [1.29, 1.82) is 0 Å². The summed E-state index contributed by atoms with van der Waals surface area (Å²) >= 11 is 5.85. The van der Waals surface area contributed by atoms with Gasteiger partial charge in [0.1, 0.15) is 0 Å². The fraction of sp³-hybridized carbons (Fsp3) is 0.278. The maximum atomic E-state index is 12.1. The van der Waals surface area contributed by atoms with Crippen molar-refractivity contribution >= 4 is 33.2 Å². The van der Waals surface area contributed by atoms with Crippen molar-refractivity contribution in [3.05, 3.63) is 65.2 Å². The zero-order valence-electron chi connectivity index (χ0n) is 14.0. The van der Waals surface area contributed by atoms with Crippen LogP contribution in [0.4, 0.5) is 5.69 Å². The molecule has 0 atom stereocenters. The van der Waals surface area contributed by atoms with E-state index < -0.39 is 10.0 Å². The van der Waals surface area contributed by atoms with Gasteiger partial charge in [0.05, 0.1) is 5.75 Å². The number of carbonyl (C=O) groups is 1. The summed E-state index contributed by atoms with van der Waals surface area (Å²) in [4.78, 5) is 13.3. The number of hydrogen-bond donors (Lipinski definition) is 1. The maximum absolute atomic E-state index is 12.1. The summed E-state index contributed by atoms with van der Waals surface area (Å²) in [6.45, 7) is 1.85. The second kappa shape index (κ2) is 8.99. The molecule has 1 amide bonds. The molecule has 0 aliphatic carbocycles. The highest BCUT2D eigenvalue weighted by Crippen LogP contribution is 2.17. The highest BCUT2D eigenvalue weighted by atomic mass is 35.5. The highest BCUT2D eigenvalue weighted by molar-refractivity contribution is 7.89. The Kier molecular flexibility index (Phi) is 6.99. The molecule has 1 N–H and O–H groups in total. The molecule has 7 heteroatoms. The lowest BCUT2D eigenvalue weighted by atomic mass is 10.2. The minimum Gasteiger partial charge on any atom is -0.311 e. The van der Waals surface area contributed by atoms with Crippen LogP contribution in [0.1, 0.15) is 12.5 Å². The first-order valence-corrected chi connectivity index (χ1v) is 9.95. The predicted octanol–water partition coefficient (Wildman–Crippen LogP) is 2.86. The number of halogens is 1. The molecule has 0 aliphatic heterocycles. The van der Waals surface area contributed by atoms with Gasteiger partial charge in [-0.3, -0.25) is 4.79 Å². The average molecular weight is 381 g/mol. The smallest absolute Gasteiger partial charge is 0.223 e. The Balaban J connectivity index is 1.88. The third-order valence-corrected chi connectivity index (χ3v) is 5.32. The van der Waals surface area contributed by atoms with Gasteiger partial charge in [-0.1, -0.05) is 41.9 Å². The second-order valence-corrected chi connectivity index (χ2v) is 7.96. The molecule has 0 fully saturated rings. The summed E-state index contributed by atoms with van der Waals surface area (Å²) in [5, 5.41) is 0.578. The molecule has 0 bridgehead atoms. The quantitative estimate of drug-likeness (QED) is 0.765. The van der Waals surface area contributed by atoms with Crippen molar-refractivity contribution in [2.24, 2.45) is 0 Å². The zero-order valence-corrected chi connectivity index (χ0v) is 15.6. The molecule has 0 unspecified atom stereocenters. The van der Waals surface area contributed by atoms with Gasteiger partial charge < -0.3 is 4.90 Å². The molecule has 5 nitrogen and oxygen atoms in total. The molecule has 0 saturated carbocycles. The van der Waals surface area contributed by atoms with Crippen LogP contribution in [0.5, 0.6) is 0 Å². The van der Waals surface area contributed by atoms with E-state index in [1.165, 1.54) is 11.8 Å². The number of amides is 1. The molecular formula is C18H21ClN2O3S. The lowest BCUT2D eigenvalue weighted by Crippen LogP contribution is -2.38. The second-order valence-electron chi connectivity index (χ2n) is 5.60. The van der Waals surface area contributed by atoms with Gasteiger partial charge in [0.25, 0.3) is 0 Å². The molecule has 25 heavy (non-hydrogen) atoms. The standard InChI is InChI=1S/C18H21ClN2O3S/c1-15(22)21(18-9-7-17(19)8-10-18)13-12-20-25(23,24)14-11-16-5-3-2-4-6-16/h2-10,20H,11-14H2,1H3. The van der Waals surface area contributed by atoms with Crippen LogP contribution in [0.3, 0.4) is 0 Å². The van der Waals surface area contributed by atoms with Crippen molar-refractivity contribution in [2.45, 2.75) is 13.3 Å². The van der Waals surface area contributed by atoms with Gasteiger partial charge in [0.2, 0.25) is 15.9 Å². The minimum absolute atomic E-state index is 0.0119. The number of aryl methyl sites for hydroxylation is 1. The summed E-state index contributed by atoms with van der Waals surface area (Å²) < 4.78 is 26.8. The average Bonchev–Trinajstić information content (AvgIpc) is 2.59. The van der Waals surface area contributed by atoms with Gasteiger partial charge in [-0.25, -0.2) is 13.1 Å². The molecule has 0 aliphatic rings. The monoisotopic (exact) mass is 380 g/mol. The van der Waals surface area contributed by atoms with Crippen molar-refractivity contribution in [3.8, 4) is 0 Å². The summed E-state index contributed by atoms with van der Waals surface area (Å²) in [6.07, 6.45) is 0.448. The Morgan fingerprint density at radius 3 is 2.32 bits per heavy atom. The van der Waals surface area contributed by atoms with Crippen LogP contribution in [0, 0.1) is 0 Å². The Bertz CT molecular complexity index is 793. The Morgan fingerprint density at radius 1 is 1.08 bits per heavy atom. The first-order valence-electron chi connectivity index (χ1n) is 7.92. The SMILES string of the molecule is CC(=O)N(CCNS(=O)(=O)CCc1ccccc1)c1ccc(Cl)cc1. The van der Waals surface area contributed by atoms with Crippen LogP contribution >= 0.6 is 11.6 Å². The molecule has 0 radical (unpaired) electrons. The van der Waals surface area contributed by atoms with E-state index in [1.807, 2.05) is 30.3 Å². The number of hydrogen-bond acceptors (Lipinski definition) is 3. The number of carbonyl (C=O) groups excluding carboxylic acids is 1. The van der Waals surface area contributed by atoms with Gasteiger partial charge in [-0.15, -0.1) is 0 Å². The molecule has 2 rings (SSSR count). The van der Waals surface area contributed by atoms with Gasteiger partial charge in [0, 0.05) is 30.7 Å². The topological polar surface area (TPSA) is 66.5 Å². The van der Waals surface area contributed by atoms with E-state index in [-0.39, 0.29) is 24.7 Å². The third kappa shape index (κ3) is 6.49. The number of benzene rings is 2. The number of rotatable bonds is 8. The zero-order chi connectivity index (χ0) is 18.3. The molecular weight excluding hydrogens is 360 g/mol. The normalized spacial score (nSPS) is 11.3. The number of nitrogens with zero attached hydrogens (tertiary/aromatic N) is 1. The predicted molar refractivity (Wildman–Crippen MR) is 101 cm³/mol. The van der Waals surface area contributed by atoms with Crippen LogP contribution in [-0.2, 0) is 21.2 Å². The van der Waals surface area contributed by atoms with E-state index in [1.54, 1.807) is 24.3 Å². The summed E-state index contributed by atoms with van der Waals surface area (Å²) in [7, 11) is -3.40. The van der Waals surface area contributed by atoms with Crippen molar-refractivity contribution in [2.75, 3.05) is 23.7 Å². The largest absolute Gasteiger partial charge is 0.311 e. The van der Waals surface area contributed by atoms with E-state index in [9.17, 15) is 13.2 Å². The lowest BCUT2D eigenvalue weighted by molar-refractivity contribution is -0.116. The van der Waals surface area contributed by atoms with Crippen LogP contribution < -0.4 is 9.62 Å². The third-order valence-electron chi connectivity index (χ3n) is 3.68. The van der Waals surface area contributed by atoms with Crippen molar-refractivity contribution < 1.29 is 13.2 Å². The number of nitrogens with one attached hydrogen (secondary N) is 1. The van der Waals surface area contributed by atoms with Gasteiger partial charge in [-0.2, -0.15) is 0 Å². The minimum atomic E-state index is -3.40.